The Kier molecular flexibility index (Phi) is 4.92. The van der Waals surface area contributed by atoms with Gasteiger partial charge in [-0.15, -0.1) is 11.8 Å². The van der Waals surface area contributed by atoms with Gasteiger partial charge in [-0.3, -0.25) is 4.79 Å². The maximum Gasteiger partial charge on any atom is 0.230 e. The van der Waals surface area contributed by atoms with Gasteiger partial charge in [0.05, 0.1) is 17.6 Å². The topological polar surface area (TPSA) is 73.1 Å². The van der Waals surface area contributed by atoms with E-state index in [-0.39, 0.29) is 17.9 Å². The number of carbonyl (C=O) groups excluding carboxylic acids is 1. The molecular weight excluding hydrogens is 212 g/mol. The second-order valence-corrected chi connectivity index (χ2v) is 4.89. The molecule has 0 aromatic rings. The van der Waals surface area contributed by atoms with Crippen LogP contribution >= 0.6 is 11.8 Å². The summed E-state index contributed by atoms with van der Waals surface area (Å²) in [7, 11) is 0. The van der Waals surface area contributed by atoms with Crippen LogP contribution in [0.1, 0.15) is 19.3 Å². The predicted molar refractivity (Wildman–Crippen MR) is 59.3 cm³/mol. The molecule has 0 radical (unpaired) electrons. The molecule has 0 bridgehead atoms. The molecule has 0 aromatic carbocycles. The summed E-state index contributed by atoms with van der Waals surface area (Å²) < 4.78 is 0. The van der Waals surface area contributed by atoms with Crippen molar-refractivity contribution < 1.29 is 9.90 Å². The molecule has 1 aliphatic rings. The highest BCUT2D eigenvalue weighted by Crippen LogP contribution is 2.47. The van der Waals surface area contributed by atoms with Crippen LogP contribution in [-0.2, 0) is 4.79 Å². The Morgan fingerprint density at radius 3 is 2.87 bits per heavy atom. The number of aliphatic hydroxyl groups excluding tert-OH is 1. The van der Waals surface area contributed by atoms with Crippen molar-refractivity contribution in [2.75, 3.05) is 24.7 Å². The van der Waals surface area contributed by atoms with E-state index in [1.165, 1.54) is 11.8 Å². The van der Waals surface area contributed by atoms with Gasteiger partial charge in [-0.1, -0.05) is 0 Å². The fourth-order valence-corrected chi connectivity index (χ4v) is 1.94. The van der Waals surface area contributed by atoms with Crippen LogP contribution in [0.2, 0.25) is 0 Å². The zero-order chi connectivity index (χ0) is 11.1. The third-order valence-corrected chi connectivity index (χ3v) is 3.46. The van der Waals surface area contributed by atoms with Crippen molar-refractivity contribution in [1.82, 2.24) is 5.32 Å². The molecule has 1 rings (SSSR count). The van der Waals surface area contributed by atoms with Gasteiger partial charge in [0.15, 0.2) is 0 Å². The van der Waals surface area contributed by atoms with Crippen molar-refractivity contribution in [2.24, 2.45) is 5.41 Å². The van der Waals surface area contributed by atoms with E-state index in [9.17, 15) is 4.79 Å². The summed E-state index contributed by atoms with van der Waals surface area (Å²) in [5.41, 5.74) is 0.171. The first kappa shape index (κ1) is 12.3. The lowest BCUT2D eigenvalue weighted by Crippen LogP contribution is -2.32. The van der Waals surface area contributed by atoms with Crippen LogP contribution in [-0.4, -0.2) is 35.7 Å². The van der Waals surface area contributed by atoms with Crippen LogP contribution in [0.25, 0.3) is 0 Å². The van der Waals surface area contributed by atoms with Crippen molar-refractivity contribution in [3.63, 3.8) is 0 Å². The van der Waals surface area contributed by atoms with Crippen molar-refractivity contribution in [3.8, 4) is 6.07 Å². The van der Waals surface area contributed by atoms with Gasteiger partial charge in [0.2, 0.25) is 5.91 Å². The molecule has 1 amide bonds. The summed E-state index contributed by atoms with van der Waals surface area (Å²) in [6.45, 7) is 0.860. The lowest BCUT2D eigenvalue weighted by molar-refractivity contribution is -0.118. The number of nitriles is 1. The van der Waals surface area contributed by atoms with E-state index in [4.69, 9.17) is 10.4 Å². The first-order valence-corrected chi connectivity index (χ1v) is 6.20. The van der Waals surface area contributed by atoms with Gasteiger partial charge in [-0.25, -0.2) is 0 Å². The minimum atomic E-state index is -0.0144. The van der Waals surface area contributed by atoms with Gasteiger partial charge in [-0.05, 0) is 24.7 Å². The fraction of sp³-hybridized carbons (Fsp3) is 0.800. The molecule has 1 fully saturated rings. The summed E-state index contributed by atoms with van der Waals surface area (Å²) in [4.78, 5) is 11.3. The lowest BCUT2D eigenvalue weighted by Gasteiger charge is -2.14. The van der Waals surface area contributed by atoms with Gasteiger partial charge < -0.3 is 10.4 Å². The SMILES string of the molecule is N#CCSCC(=O)NCC1(CCO)CC1. The summed E-state index contributed by atoms with van der Waals surface area (Å²) in [6, 6.07) is 1.98. The van der Waals surface area contributed by atoms with E-state index in [1.54, 1.807) is 0 Å². The van der Waals surface area contributed by atoms with Crippen LogP contribution in [0.5, 0.6) is 0 Å². The maximum atomic E-state index is 11.3. The van der Waals surface area contributed by atoms with Crippen molar-refractivity contribution in [3.05, 3.63) is 0 Å². The average Bonchev–Trinajstić information content (AvgIpc) is 2.97. The van der Waals surface area contributed by atoms with E-state index < -0.39 is 0 Å². The van der Waals surface area contributed by atoms with Gasteiger partial charge in [0.25, 0.3) is 0 Å². The summed E-state index contributed by atoms with van der Waals surface area (Å²) in [6.07, 6.45) is 2.97. The zero-order valence-electron chi connectivity index (χ0n) is 8.66. The van der Waals surface area contributed by atoms with Gasteiger partial charge in [0.1, 0.15) is 0 Å². The van der Waals surface area contributed by atoms with Crippen LogP contribution in [0, 0.1) is 16.7 Å². The number of hydrogen-bond donors (Lipinski definition) is 2. The van der Waals surface area contributed by atoms with Gasteiger partial charge >= 0.3 is 0 Å². The van der Waals surface area contributed by atoms with Crippen LogP contribution in [0.15, 0.2) is 0 Å². The molecule has 15 heavy (non-hydrogen) atoms. The third kappa shape index (κ3) is 4.54. The summed E-state index contributed by atoms with van der Waals surface area (Å²) >= 11 is 1.32. The number of hydrogen-bond acceptors (Lipinski definition) is 4. The van der Waals surface area contributed by atoms with Crippen LogP contribution in [0.4, 0.5) is 0 Å². The van der Waals surface area contributed by atoms with Crippen molar-refractivity contribution in [1.29, 1.82) is 5.26 Å². The number of nitrogens with zero attached hydrogens (tertiary/aromatic N) is 1. The van der Waals surface area contributed by atoms with Crippen molar-refractivity contribution >= 4 is 17.7 Å². The maximum absolute atomic E-state index is 11.3. The van der Waals surface area contributed by atoms with Crippen LogP contribution < -0.4 is 5.32 Å². The molecule has 0 saturated heterocycles. The average molecular weight is 228 g/mol. The minimum absolute atomic E-state index is 0.0144. The first-order chi connectivity index (χ1) is 7.22. The molecule has 0 spiro atoms. The van der Waals surface area contributed by atoms with Gasteiger partial charge in [-0.2, -0.15) is 5.26 Å². The monoisotopic (exact) mass is 228 g/mol. The normalized spacial score (nSPS) is 16.8. The molecule has 0 aliphatic heterocycles. The highest BCUT2D eigenvalue weighted by Gasteiger charge is 2.41. The molecular formula is C10H16N2O2S. The second-order valence-electron chi connectivity index (χ2n) is 3.90. The molecule has 5 heteroatoms. The Bertz CT molecular complexity index is 259. The second kappa shape index (κ2) is 5.99. The number of aliphatic hydroxyl groups is 1. The Balaban J connectivity index is 2.09. The molecule has 1 saturated carbocycles. The Hall–Kier alpha value is -0.730. The molecule has 84 valence electrons. The van der Waals surface area contributed by atoms with E-state index in [2.05, 4.69) is 5.32 Å². The predicted octanol–water partition coefficient (Wildman–Crippen LogP) is 0.522. The fourth-order valence-electron chi connectivity index (χ4n) is 1.46. The number of rotatable bonds is 7. The summed E-state index contributed by atoms with van der Waals surface area (Å²) in [5.74, 6) is 0.692. The molecule has 0 aromatic heterocycles. The molecule has 0 unspecified atom stereocenters. The number of carbonyl (C=O) groups is 1. The quantitative estimate of drug-likeness (QED) is 0.623. The zero-order valence-corrected chi connectivity index (χ0v) is 9.48. The smallest absolute Gasteiger partial charge is 0.230 e. The first-order valence-electron chi connectivity index (χ1n) is 5.05. The molecule has 0 heterocycles. The molecule has 2 N–H and O–H groups in total. The summed E-state index contributed by atoms with van der Waals surface area (Å²) in [5, 5.41) is 20.0. The van der Waals surface area contributed by atoms with E-state index >= 15 is 0 Å². The Morgan fingerprint density at radius 1 is 1.60 bits per heavy atom. The van der Waals surface area contributed by atoms with E-state index in [1.807, 2.05) is 6.07 Å². The van der Waals surface area contributed by atoms with Gasteiger partial charge in [0, 0.05) is 13.2 Å². The third-order valence-electron chi connectivity index (χ3n) is 2.66. The van der Waals surface area contributed by atoms with E-state index in [0.29, 0.717) is 18.1 Å². The number of thioether (sulfide) groups is 1. The highest BCUT2D eigenvalue weighted by atomic mass is 32.2. The Labute approximate surface area is 94.0 Å². The van der Waals surface area contributed by atoms with Crippen LogP contribution in [0.3, 0.4) is 0 Å². The number of nitrogens with one attached hydrogen (secondary N) is 1. The van der Waals surface area contributed by atoms with Crippen molar-refractivity contribution in [2.45, 2.75) is 19.3 Å². The Morgan fingerprint density at radius 2 is 2.33 bits per heavy atom. The number of amides is 1. The molecule has 0 atom stereocenters. The van der Waals surface area contributed by atoms with E-state index in [0.717, 1.165) is 19.3 Å². The molecule has 1 aliphatic carbocycles. The molecule has 4 nitrogen and oxygen atoms in total. The lowest BCUT2D eigenvalue weighted by atomic mass is 10.0. The standard InChI is InChI=1S/C10H16N2O2S/c11-4-6-15-7-9(14)12-8-10(1-2-10)3-5-13/h13H,1-3,5-8H2,(H,12,14). The minimum Gasteiger partial charge on any atom is -0.396 e. The largest absolute Gasteiger partial charge is 0.396 e. The highest BCUT2D eigenvalue weighted by molar-refractivity contribution is 8.00.